The van der Waals surface area contributed by atoms with Gasteiger partial charge in [-0.2, -0.15) is 0 Å². The normalized spacial score (nSPS) is 24.6. The van der Waals surface area contributed by atoms with Gasteiger partial charge in [-0.1, -0.05) is 29.6 Å². The Balaban J connectivity index is 1.61. The zero-order valence-corrected chi connectivity index (χ0v) is 15.4. The van der Waals surface area contributed by atoms with Crippen molar-refractivity contribution in [1.29, 1.82) is 0 Å². The van der Waals surface area contributed by atoms with E-state index in [1.54, 1.807) is 12.1 Å². The highest BCUT2D eigenvalue weighted by molar-refractivity contribution is 6.39. The quantitative estimate of drug-likeness (QED) is 0.670. The monoisotopic (exact) mass is 392 g/mol. The summed E-state index contributed by atoms with van der Waals surface area (Å²) in [6.45, 7) is 0. The standard InChI is InChI=1S/C19H18Cl2N2O3/c20-11-7-13(21)17-12(18(19(25)26)23-15(17)8-11)3-4-16(24)22-14-6-9-1-2-10(14)5-9/h3-4,7-10,14,23H,1-2,5-6H2,(H,22,24)(H,25,26)/b4-3+/t9-,10+,14+/m1/s1. The van der Waals surface area contributed by atoms with Crippen molar-refractivity contribution >= 4 is 52.1 Å². The number of carbonyl (C=O) groups excluding carboxylic acids is 1. The van der Waals surface area contributed by atoms with Crippen LogP contribution in [0.25, 0.3) is 17.0 Å². The first-order valence-electron chi connectivity index (χ1n) is 8.65. The summed E-state index contributed by atoms with van der Waals surface area (Å²) in [6, 6.07) is 3.40. The predicted molar refractivity (Wildman–Crippen MR) is 102 cm³/mol. The molecule has 1 heterocycles. The van der Waals surface area contributed by atoms with Crippen molar-refractivity contribution in [3.8, 4) is 0 Å². The Morgan fingerprint density at radius 2 is 2.04 bits per heavy atom. The third-order valence-electron chi connectivity index (χ3n) is 5.53. The summed E-state index contributed by atoms with van der Waals surface area (Å²) < 4.78 is 0. The van der Waals surface area contributed by atoms with Gasteiger partial charge >= 0.3 is 5.97 Å². The number of nitrogens with one attached hydrogen (secondary N) is 2. The summed E-state index contributed by atoms with van der Waals surface area (Å²) >= 11 is 12.2. The van der Waals surface area contributed by atoms with Crippen LogP contribution < -0.4 is 5.32 Å². The van der Waals surface area contributed by atoms with Crippen LogP contribution in [0, 0.1) is 11.8 Å². The van der Waals surface area contributed by atoms with Gasteiger partial charge in [0.15, 0.2) is 0 Å². The molecule has 0 aliphatic heterocycles. The highest BCUT2D eigenvalue weighted by Gasteiger charge is 2.39. The van der Waals surface area contributed by atoms with Gasteiger partial charge in [0.25, 0.3) is 0 Å². The van der Waals surface area contributed by atoms with Crippen LogP contribution in [-0.2, 0) is 4.79 Å². The number of carboxylic acids is 1. The van der Waals surface area contributed by atoms with Gasteiger partial charge in [-0.3, -0.25) is 4.79 Å². The summed E-state index contributed by atoms with van der Waals surface area (Å²) in [6.07, 6.45) is 7.59. The van der Waals surface area contributed by atoms with E-state index in [1.807, 2.05) is 0 Å². The molecule has 5 nitrogen and oxygen atoms in total. The number of hydrogen-bond acceptors (Lipinski definition) is 2. The average molecular weight is 393 g/mol. The summed E-state index contributed by atoms with van der Waals surface area (Å²) in [5.41, 5.74) is 0.874. The lowest BCUT2D eigenvalue weighted by molar-refractivity contribution is -0.117. The molecule has 4 rings (SSSR count). The Hall–Kier alpha value is -1.98. The third-order valence-corrected chi connectivity index (χ3v) is 6.05. The second-order valence-electron chi connectivity index (χ2n) is 7.15. The first-order chi connectivity index (χ1) is 12.4. The van der Waals surface area contributed by atoms with Gasteiger partial charge in [0.2, 0.25) is 5.91 Å². The maximum absolute atomic E-state index is 12.3. The number of H-pyrrole nitrogens is 1. The van der Waals surface area contributed by atoms with Crippen LogP contribution in [-0.4, -0.2) is 28.0 Å². The van der Waals surface area contributed by atoms with Crippen molar-refractivity contribution in [3.05, 3.63) is 39.5 Å². The Morgan fingerprint density at radius 1 is 1.23 bits per heavy atom. The molecule has 2 aliphatic rings. The van der Waals surface area contributed by atoms with Crippen LogP contribution in [0.2, 0.25) is 10.0 Å². The Kier molecular flexibility index (Phi) is 4.45. The van der Waals surface area contributed by atoms with Crippen LogP contribution in [0.5, 0.6) is 0 Å². The van der Waals surface area contributed by atoms with E-state index < -0.39 is 5.97 Å². The third kappa shape index (κ3) is 3.10. The lowest BCUT2D eigenvalue weighted by Crippen LogP contribution is -2.37. The molecule has 2 aliphatic carbocycles. The number of hydrogen-bond donors (Lipinski definition) is 3. The van der Waals surface area contributed by atoms with Crippen molar-refractivity contribution in [2.45, 2.75) is 31.7 Å². The minimum Gasteiger partial charge on any atom is -0.477 e. The molecule has 0 saturated heterocycles. The fourth-order valence-electron chi connectivity index (χ4n) is 4.42. The molecular weight excluding hydrogens is 375 g/mol. The van der Waals surface area contributed by atoms with E-state index in [0.717, 1.165) is 12.3 Å². The molecule has 3 atom stereocenters. The van der Waals surface area contributed by atoms with Gasteiger partial charge in [0.05, 0.1) is 5.02 Å². The Labute approximate surface area is 160 Å². The van der Waals surface area contributed by atoms with Crippen LogP contribution in [0.1, 0.15) is 41.7 Å². The number of halogens is 2. The molecule has 2 bridgehead atoms. The highest BCUT2D eigenvalue weighted by atomic mass is 35.5. The largest absolute Gasteiger partial charge is 0.477 e. The molecule has 1 amide bonds. The fourth-order valence-corrected chi connectivity index (χ4v) is 5.01. The topological polar surface area (TPSA) is 82.2 Å². The molecule has 1 aromatic carbocycles. The number of amides is 1. The van der Waals surface area contributed by atoms with E-state index in [-0.39, 0.29) is 17.6 Å². The zero-order chi connectivity index (χ0) is 18.4. The number of carboxylic acid groups (broad SMARTS) is 1. The molecule has 136 valence electrons. The van der Waals surface area contributed by atoms with Gasteiger partial charge in [-0.05, 0) is 49.3 Å². The summed E-state index contributed by atoms with van der Waals surface area (Å²) in [5.74, 6) is -0.0125. The lowest BCUT2D eigenvalue weighted by Gasteiger charge is -2.22. The van der Waals surface area contributed by atoms with E-state index >= 15 is 0 Å². The van der Waals surface area contributed by atoms with Gasteiger partial charge in [-0.25, -0.2) is 4.79 Å². The van der Waals surface area contributed by atoms with Crippen LogP contribution in [0.4, 0.5) is 0 Å². The van der Waals surface area contributed by atoms with Gasteiger partial charge < -0.3 is 15.4 Å². The summed E-state index contributed by atoms with van der Waals surface area (Å²) in [4.78, 5) is 26.7. The number of benzene rings is 1. The zero-order valence-electron chi connectivity index (χ0n) is 13.9. The van der Waals surface area contributed by atoms with E-state index in [4.69, 9.17) is 23.2 Å². The maximum atomic E-state index is 12.3. The molecule has 0 radical (unpaired) electrons. The molecule has 0 unspecified atom stereocenters. The average Bonchev–Trinajstić information content (AvgIpc) is 3.26. The molecule has 1 aromatic heterocycles. The molecule has 2 saturated carbocycles. The minimum absolute atomic E-state index is 0.0202. The predicted octanol–water partition coefficient (Wildman–Crippen LogP) is 4.49. The van der Waals surface area contributed by atoms with Crippen molar-refractivity contribution in [1.82, 2.24) is 10.3 Å². The van der Waals surface area contributed by atoms with Crippen molar-refractivity contribution in [3.63, 3.8) is 0 Å². The van der Waals surface area contributed by atoms with Crippen molar-refractivity contribution < 1.29 is 14.7 Å². The van der Waals surface area contributed by atoms with E-state index in [1.165, 1.54) is 31.4 Å². The van der Waals surface area contributed by atoms with Crippen LogP contribution >= 0.6 is 23.2 Å². The molecular formula is C19H18Cl2N2O3. The molecule has 26 heavy (non-hydrogen) atoms. The number of fused-ring (bicyclic) bond motifs is 3. The first-order valence-corrected chi connectivity index (χ1v) is 9.40. The fraction of sp³-hybridized carbons (Fsp3) is 0.368. The molecule has 7 heteroatoms. The number of rotatable bonds is 4. The van der Waals surface area contributed by atoms with E-state index in [9.17, 15) is 14.7 Å². The molecule has 2 aromatic rings. The minimum atomic E-state index is -1.12. The SMILES string of the molecule is O=C(/C=C/c1c(C(=O)O)[nH]c2cc(Cl)cc(Cl)c12)N[C@H]1C[C@@H]2CC[C@H]1C2. The maximum Gasteiger partial charge on any atom is 0.352 e. The number of aromatic carboxylic acids is 1. The van der Waals surface area contributed by atoms with Gasteiger partial charge in [0, 0.05) is 33.6 Å². The van der Waals surface area contributed by atoms with Crippen LogP contribution in [0.3, 0.4) is 0 Å². The molecule has 3 N–H and O–H groups in total. The van der Waals surface area contributed by atoms with E-state index in [0.29, 0.717) is 32.4 Å². The van der Waals surface area contributed by atoms with Crippen LogP contribution in [0.15, 0.2) is 18.2 Å². The number of aromatic nitrogens is 1. The summed E-state index contributed by atoms with van der Waals surface area (Å²) in [7, 11) is 0. The van der Waals surface area contributed by atoms with Gasteiger partial charge in [-0.15, -0.1) is 0 Å². The number of aromatic amines is 1. The second-order valence-corrected chi connectivity index (χ2v) is 8.00. The van der Waals surface area contributed by atoms with Crippen molar-refractivity contribution in [2.24, 2.45) is 11.8 Å². The molecule has 2 fully saturated rings. The molecule has 0 spiro atoms. The second kappa shape index (κ2) is 6.63. The lowest BCUT2D eigenvalue weighted by atomic mass is 9.95. The summed E-state index contributed by atoms with van der Waals surface area (Å²) in [5, 5.41) is 13.8. The highest BCUT2D eigenvalue weighted by Crippen LogP contribution is 2.44. The Morgan fingerprint density at radius 3 is 2.69 bits per heavy atom. The first kappa shape index (κ1) is 17.4. The van der Waals surface area contributed by atoms with E-state index in [2.05, 4.69) is 10.3 Å². The van der Waals surface area contributed by atoms with Gasteiger partial charge in [0.1, 0.15) is 5.69 Å². The smallest absolute Gasteiger partial charge is 0.352 e. The Bertz CT molecular complexity index is 934. The number of carbonyl (C=O) groups is 2. The van der Waals surface area contributed by atoms with Crippen molar-refractivity contribution in [2.75, 3.05) is 0 Å².